The van der Waals surface area contributed by atoms with Crippen molar-refractivity contribution in [1.82, 2.24) is 4.90 Å². The van der Waals surface area contributed by atoms with Gasteiger partial charge in [0.15, 0.2) is 5.43 Å². The van der Waals surface area contributed by atoms with Gasteiger partial charge in [0.25, 0.3) is 5.91 Å². The summed E-state index contributed by atoms with van der Waals surface area (Å²) in [6.07, 6.45) is 0. The zero-order valence-electron chi connectivity index (χ0n) is 15.8. The van der Waals surface area contributed by atoms with Gasteiger partial charge in [-0.25, -0.2) is 0 Å². The Morgan fingerprint density at radius 1 is 1.14 bits per heavy atom. The number of ether oxygens (including phenoxy) is 2. The molecule has 0 bridgehead atoms. The number of nitrogens with zero attached hydrogens (tertiary/aromatic N) is 1. The Labute approximate surface area is 174 Å². The van der Waals surface area contributed by atoms with E-state index < -0.39 is 11.9 Å². The largest absolute Gasteiger partial charge is 0.497 e. The number of aliphatic hydroxyl groups is 1. The van der Waals surface area contributed by atoms with Crippen molar-refractivity contribution in [2.24, 2.45) is 0 Å². The van der Waals surface area contributed by atoms with E-state index in [1.54, 1.807) is 36.4 Å². The SMILES string of the molecule is COc1ccc(OC)c([C@@H]2c3c(oc4ccc(Br)cc4c3=O)C(=O)N2CCO)c1. The zero-order chi connectivity index (χ0) is 20.7. The van der Waals surface area contributed by atoms with Crippen molar-refractivity contribution < 1.29 is 23.8 Å². The Morgan fingerprint density at radius 3 is 2.62 bits per heavy atom. The van der Waals surface area contributed by atoms with E-state index in [2.05, 4.69) is 15.9 Å². The second-order valence-corrected chi connectivity index (χ2v) is 7.46. The monoisotopic (exact) mass is 459 g/mol. The van der Waals surface area contributed by atoms with E-state index in [-0.39, 0.29) is 29.9 Å². The van der Waals surface area contributed by atoms with E-state index >= 15 is 0 Å². The van der Waals surface area contributed by atoms with Gasteiger partial charge in [-0.3, -0.25) is 9.59 Å². The van der Waals surface area contributed by atoms with Gasteiger partial charge in [-0.1, -0.05) is 15.9 Å². The number of rotatable bonds is 5. The topological polar surface area (TPSA) is 89.2 Å². The van der Waals surface area contributed by atoms with Crippen molar-refractivity contribution in [2.75, 3.05) is 27.4 Å². The summed E-state index contributed by atoms with van der Waals surface area (Å²) < 4.78 is 17.4. The highest BCUT2D eigenvalue weighted by Crippen LogP contribution is 2.42. The van der Waals surface area contributed by atoms with E-state index in [1.165, 1.54) is 19.1 Å². The summed E-state index contributed by atoms with van der Waals surface area (Å²) >= 11 is 3.37. The number of hydrogen-bond acceptors (Lipinski definition) is 6. The average Bonchev–Trinajstić information content (AvgIpc) is 3.00. The summed E-state index contributed by atoms with van der Waals surface area (Å²) in [5.74, 6) is 0.575. The number of carbonyl (C=O) groups is 1. The summed E-state index contributed by atoms with van der Waals surface area (Å²) in [5.41, 5.74) is 0.827. The predicted octanol–water partition coefficient (Wildman–Crippen LogP) is 3.11. The maximum atomic E-state index is 13.4. The number of hydrogen-bond donors (Lipinski definition) is 1. The molecule has 2 aromatic carbocycles. The minimum Gasteiger partial charge on any atom is -0.497 e. The molecular formula is C21H18BrNO6. The van der Waals surface area contributed by atoms with Crippen LogP contribution in [0.2, 0.25) is 0 Å². The lowest BCUT2D eigenvalue weighted by Crippen LogP contribution is -2.32. The van der Waals surface area contributed by atoms with Crippen LogP contribution in [0.4, 0.5) is 0 Å². The Balaban J connectivity index is 2.04. The molecule has 8 heteroatoms. The Kier molecular flexibility index (Phi) is 5.06. The highest BCUT2D eigenvalue weighted by molar-refractivity contribution is 9.10. The molecule has 1 amide bonds. The molecule has 0 aliphatic carbocycles. The second-order valence-electron chi connectivity index (χ2n) is 6.55. The molecule has 0 radical (unpaired) electrons. The second kappa shape index (κ2) is 7.53. The van der Waals surface area contributed by atoms with Crippen LogP contribution < -0.4 is 14.9 Å². The molecule has 3 aromatic rings. The Hall–Kier alpha value is -2.84. The molecule has 4 rings (SSSR count). The average molecular weight is 460 g/mol. The zero-order valence-corrected chi connectivity index (χ0v) is 17.4. The van der Waals surface area contributed by atoms with Gasteiger partial charge < -0.3 is 23.9 Å². The lowest BCUT2D eigenvalue weighted by molar-refractivity contribution is 0.0690. The lowest BCUT2D eigenvalue weighted by atomic mass is 9.97. The first-order valence-corrected chi connectivity index (χ1v) is 9.69. The van der Waals surface area contributed by atoms with E-state index in [1.807, 2.05) is 0 Å². The first-order chi connectivity index (χ1) is 14.0. The predicted molar refractivity (Wildman–Crippen MR) is 110 cm³/mol. The first kappa shape index (κ1) is 19.5. The van der Waals surface area contributed by atoms with Crippen molar-refractivity contribution in [2.45, 2.75) is 6.04 Å². The molecule has 0 unspecified atom stereocenters. The number of β-amino-alcohol motifs (C(OH)–C–C–N with tert-alkyl or cyclic N) is 1. The molecule has 1 aliphatic rings. The number of halogens is 1. The fraction of sp³-hybridized carbons (Fsp3) is 0.238. The van der Waals surface area contributed by atoms with Crippen molar-refractivity contribution in [1.29, 1.82) is 0 Å². The molecule has 0 fully saturated rings. The van der Waals surface area contributed by atoms with E-state index in [0.29, 0.717) is 28.0 Å². The van der Waals surface area contributed by atoms with Crippen molar-refractivity contribution in [3.63, 3.8) is 0 Å². The molecule has 2 heterocycles. The quantitative estimate of drug-likeness (QED) is 0.630. The number of amides is 1. The van der Waals surface area contributed by atoms with Gasteiger partial charge in [0.2, 0.25) is 5.76 Å². The molecule has 0 saturated carbocycles. The molecule has 0 saturated heterocycles. The van der Waals surface area contributed by atoms with Crippen LogP contribution in [0.5, 0.6) is 11.5 Å². The smallest absolute Gasteiger partial charge is 0.290 e. The number of methoxy groups -OCH3 is 2. The molecule has 1 atom stereocenters. The van der Waals surface area contributed by atoms with E-state index in [9.17, 15) is 14.7 Å². The number of benzene rings is 2. The summed E-state index contributed by atoms with van der Waals surface area (Å²) in [5, 5.41) is 9.91. The van der Waals surface area contributed by atoms with Crippen molar-refractivity contribution >= 4 is 32.8 Å². The van der Waals surface area contributed by atoms with Crippen molar-refractivity contribution in [3.05, 3.63) is 68.0 Å². The normalized spacial score (nSPS) is 15.7. The summed E-state index contributed by atoms with van der Waals surface area (Å²) in [6.45, 7) is -0.227. The summed E-state index contributed by atoms with van der Waals surface area (Å²) in [6, 6.07) is 9.45. The van der Waals surface area contributed by atoms with Crippen LogP contribution in [-0.2, 0) is 0 Å². The van der Waals surface area contributed by atoms with Crippen LogP contribution in [0.25, 0.3) is 11.0 Å². The third-order valence-electron chi connectivity index (χ3n) is 5.00. The van der Waals surface area contributed by atoms with E-state index in [0.717, 1.165) is 4.47 Å². The van der Waals surface area contributed by atoms with Gasteiger partial charge in [-0.05, 0) is 36.4 Å². The van der Waals surface area contributed by atoms with Gasteiger partial charge in [-0.15, -0.1) is 0 Å². The number of carbonyl (C=O) groups excluding carboxylic acids is 1. The van der Waals surface area contributed by atoms with Gasteiger partial charge in [0.1, 0.15) is 17.1 Å². The number of aliphatic hydroxyl groups excluding tert-OH is 1. The van der Waals surface area contributed by atoms with Gasteiger partial charge in [0, 0.05) is 16.6 Å². The first-order valence-electron chi connectivity index (χ1n) is 8.90. The highest BCUT2D eigenvalue weighted by Gasteiger charge is 2.43. The molecule has 150 valence electrons. The maximum Gasteiger partial charge on any atom is 0.290 e. The minimum atomic E-state index is -0.769. The molecule has 1 N–H and O–H groups in total. The summed E-state index contributed by atoms with van der Waals surface area (Å²) in [4.78, 5) is 27.9. The maximum absolute atomic E-state index is 13.4. The van der Waals surface area contributed by atoms with Crippen LogP contribution in [0.1, 0.15) is 27.7 Å². The van der Waals surface area contributed by atoms with Crippen LogP contribution in [0.15, 0.2) is 50.1 Å². The molecule has 0 spiro atoms. The summed E-state index contributed by atoms with van der Waals surface area (Å²) in [7, 11) is 3.05. The lowest BCUT2D eigenvalue weighted by Gasteiger charge is -2.26. The molecule has 1 aromatic heterocycles. The molecule has 29 heavy (non-hydrogen) atoms. The van der Waals surface area contributed by atoms with Gasteiger partial charge in [0.05, 0.1) is 37.8 Å². The third kappa shape index (κ3) is 3.08. The number of fused-ring (bicyclic) bond motifs is 2. The van der Waals surface area contributed by atoms with Crippen molar-refractivity contribution in [3.8, 4) is 11.5 Å². The molecule has 1 aliphatic heterocycles. The fourth-order valence-corrected chi connectivity index (χ4v) is 4.07. The minimum absolute atomic E-state index is 0.0202. The van der Waals surface area contributed by atoms with E-state index in [4.69, 9.17) is 13.9 Å². The Bertz CT molecular complexity index is 1170. The van der Waals surface area contributed by atoms with Crippen LogP contribution in [0, 0.1) is 0 Å². The van der Waals surface area contributed by atoms with Crippen LogP contribution in [0.3, 0.4) is 0 Å². The molecule has 7 nitrogen and oxygen atoms in total. The van der Waals surface area contributed by atoms with Crippen LogP contribution >= 0.6 is 15.9 Å². The fourth-order valence-electron chi connectivity index (χ4n) is 3.71. The molecular weight excluding hydrogens is 442 g/mol. The van der Waals surface area contributed by atoms with Crippen LogP contribution in [-0.4, -0.2) is 43.3 Å². The van der Waals surface area contributed by atoms with Gasteiger partial charge >= 0.3 is 0 Å². The third-order valence-corrected chi connectivity index (χ3v) is 5.49. The Morgan fingerprint density at radius 2 is 1.93 bits per heavy atom. The van der Waals surface area contributed by atoms with Gasteiger partial charge in [-0.2, -0.15) is 0 Å². The highest BCUT2D eigenvalue weighted by atomic mass is 79.9. The standard InChI is InChI=1S/C21H18BrNO6/c1-27-12-4-6-15(28-2)13(10-12)18-17-19(25)14-9-11(22)3-5-16(14)29-20(17)21(26)23(18)7-8-24/h3-6,9-10,18,24H,7-8H2,1-2H3/t18-/m1/s1.